The van der Waals surface area contributed by atoms with Crippen LogP contribution in [0.25, 0.3) is 0 Å². The van der Waals surface area contributed by atoms with Gasteiger partial charge in [-0.2, -0.15) is 0 Å². The lowest BCUT2D eigenvalue weighted by Crippen LogP contribution is -2.21. The van der Waals surface area contributed by atoms with Crippen LogP contribution in [0.5, 0.6) is 0 Å². The second kappa shape index (κ2) is 2.78. The fraction of sp³-hybridized carbons (Fsp3) is 1.00. The molecule has 0 spiro atoms. The Balaban J connectivity index is 1.93. The molecular weight excluding hydrogens is 134 g/mol. The van der Waals surface area contributed by atoms with Gasteiger partial charge < -0.3 is 4.90 Å². The van der Waals surface area contributed by atoms with E-state index in [-0.39, 0.29) is 0 Å². The van der Waals surface area contributed by atoms with Gasteiger partial charge in [0.05, 0.1) is 0 Å². The molecule has 0 radical (unpaired) electrons. The largest absolute Gasteiger partial charge is 0.303 e. The number of fused-ring (bicyclic) bond motifs is 1. The Morgan fingerprint density at radius 2 is 1.73 bits per heavy atom. The molecule has 0 N–H and O–H groups in total. The molecule has 2 unspecified atom stereocenters. The van der Waals surface area contributed by atoms with E-state index in [1.165, 1.54) is 32.5 Å². The van der Waals surface area contributed by atoms with Gasteiger partial charge in [-0.1, -0.05) is 13.8 Å². The molecule has 1 aliphatic carbocycles. The van der Waals surface area contributed by atoms with Crippen LogP contribution in [-0.4, -0.2) is 24.5 Å². The Labute approximate surface area is 69.8 Å². The van der Waals surface area contributed by atoms with E-state index in [2.05, 4.69) is 18.7 Å². The summed E-state index contributed by atoms with van der Waals surface area (Å²) >= 11 is 0. The summed E-state index contributed by atoms with van der Waals surface area (Å²) in [4.78, 5) is 2.61. The quantitative estimate of drug-likeness (QED) is 0.557. The summed E-state index contributed by atoms with van der Waals surface area (Å²) in [7, 11) is 0. The van der Waals surface area contributed by atoms with E-state index >= 15 is 0 Å². The van der Waals surface area contributed by atoms with Crippen molar-refractivity contribution in [1.29, 1.82) is 0 Å². The van der Waals surface area contributed by atoms with Gasteiger partial charge in [-0.3, -0.25) is 0 Å². The fourth-order valence-corrected chi connectivity index (χ4v) is 2.96. The molecule has 1 aliphatic heterocycles. The molecule has 3 atom stereocenters. The summed E-state index contributed by atoms with van der Waals surface area (Å²) in [5.74, 6) is 3.14. The lowest BCUT2D eigenvalue weighted by atomic mass is 10.0. The summed E-state index contributed by atoms with van der Waals surface area (Å²) < 4.78 is 0. The van der Waals surface area contributed by atoms with Crippen LogP contribution in [0.15, 0.2) is 0 Å². The van der Waals surface area contributed by atoms with Crippen LogP contribution in [0, 0.1) is 17.8 Å². The van der Waals surface area contributed by atoms with Crippen molar-refractivity contribution >= 4 is 0 Å². The minimum absolute atomic E-state index is 1.02. The average Bonchev–Trinajstić information content (AvgIpc) is 2.43. The molecule has 0 aromatic rings. The van der Waals surface area contributed by atoms with Crippen LogP contribution in [0.4, 0.5) is 0 Å². The highest BCUT2D eigenvalue weighted by atomic mass is 15.1. The second-order valence-electron chi connectivity index (χ2n) is 4.45. The maximum Gasteiger partial charge on any atom is 0.00129 e. The maximum atomic E-state index is 2.61. The number of hydrogen-bond donors (Lipinski definition) is 0. The first-order valence-electron chi connectivity index (χ1n) is 5.02. The lowest BCUT2D eigenvalue weighted by Gasteiger charge is -2.14. The van der Waals surface area contributed by atoms with Crippen LogP contribution in [-0.2, 0) is 0 Å². The molecule has 0 amide bonds. The molecule has 64 valence electrons. The van der Waals surface area contributed by atoms with Crippen LogP contribution >= 0.6 is 0 Å². The topological polar surface area (TPSA) is 3.24 Å². The fourth-order valence-electron chi connectivity index (χ4n) is 2.96. The Morgan fingerprint density at radius 1 is 1.18 bits per heavy atom. The molecule has 0 aromatic heterocycles. The third-order valence-corrected chi connectivity index (χ3v) is 3.51. The number of likely N-dealkylation sites (tertiary alicyclic amines) is 1. The molecule has 1 saturated carbocycles. The van der Waals surface area contributed by atoms with E-state index in [9.17, 15) is 0 Å². The van der Waals surface area contributed by atoms with Crippen molar-refractivity contribution in [1.82, 2.24) is 4.90 Å². The Kier molecular flexibility index (Phi) is 1.92. The lowest BCUT2D eigenvalue weighted by molar-refractivity contribution is 0.316. The molecule has 2 rings (SSSR count). The summed E-state index contributed by atoms with van der Waals surface area (Å²) in [5, 5.41) is 0. The first kappa shape index (κ1) is 7.60. The summed E-state index contributed by atoms with van der Waals surface area (Å²) in [6.45, 7) is 8.75. The van der Waals surface area contributed by atoms with Crippen molar-refractivity contribution in [2.24, 2.45) is 17.8 Å². The van der Waals surface area contributed by atoms with Gasteiger partial charge in [0.1, 0.15) is 0 Å². The molecule has 2 aliphatic rings. The standard InChI is InChI=1S/C10H19N/c1-3-11-6-9-4-8(2)5-10(9)7-11/h8-10H,3-7H2,1-2H3/t8?,9-,10?/m1/s1. The number of nitrogens with zero attached hydrogens (tertiary/aromatic N) is 1. The van der Waals surface area contributed by atoms with Crippen molar-refractivity contribution in [2.75, 3.05) is 19.6 Å². The van der Waals surface area contributed by atoms with Gasteiger partial charge in [-0.25, -0.2) is 0 Å². The molecule has 0 bridgehead atoms. The van der Waals surface area contributed by atoms with Crippen LogP contribution in [0.2, 0.25) is 0 Å². The maximum absolute atomic E-state index is 2.61. The molecule has 1 saturated heterocycles. The van der Waals surface area contributed by atoms with Gasteiger partial charge in [-0.05, 0) is 37.1 Å². The normalized spacial score (nSPS) is 44.7. The van der Waals surface area contributed by atoms with E-state index in [0.29, 0.717) is 0 Å². The van der Waals surface area contributed by atoms with Gasteiger partial charge in [0.25, 0.3) is 0 Å². The smallest absolute Gasteiger partial charge is 0.00129 e. The van der Waals surface area contributed by atoms with E-state index in [1.807, 2.05) is 0 Å². The molecular formula is C10H19N. The van der Waals surface area contributed by atoms with Gasteiger partial charge in [0.2, 0.25) is 0 Å². The highest BCUT2D eigenvalue weighted by Crippen LogP contribution is 2.40. The Hall–Kier alpha value is -0.0400. The van der Waals surface area contributed by atoms with Crippen molar-refractivity contribution in [3.05, 3.63) is 0 Å². The predicted octanol–water partition coefficient (Wildman–Crippen LogP) is 1.98. The zero-order valence-corrected chi connectivity index (χ0v) is 7.71. The van der Waals surface area contributed by atoms with Crippen molar-refractivity contribution in [2.45, 2.75) is 26.7 Å². The molecule has 1 heterocycles. The van der Waals surface area contributed by atoms with Gasteiger partial charge in [-0.15, -0.1) is 0 Å². The van der Waals surface area contributed by atoms with E-state index in [0.717, 1.165) is 17.8 Å². The molecule has 2 fully saturated rings. The van der Waals surface area contributed by atoms with Crippen molar-refractivity contribution in [3.8, 4) is 0 Å². The van der Waals surface area contributed by atoms with E-state index < -0.39 is 0 Å². The van der Waals surface area contributed by atoms with Gasteiger partial charge in [0, 0.05) is 13.1 Å². The zero-order chi connectivity index (χ0) is 7.84. The summed E-state index contributed by atoms with van der Waals surface area (Å²) in [6.07, 6.45) is 3.00. The minimum Gasteiger partial charge on any atom is -0.303 e. The molecule has 1 heteroatoms. The molecule has 0 aromatic carbocycles. The highest BCUT2D eigenvalue weighted by molar-refractivity contribution is 4.90. The SMILES string of the molecule is CCN1CC2CC(C)C[C@@H]2C1. The van der Waals surface area contributed by atoms with E-state index in [4.69, 9.17) is 0 Å². The second-order valence-corrected chi connectivity index (χ2v) is 4.45. The van der Waals surface area contributed by atoms with Crippen LogP contribution in [0.1, 0.15) is 26.7 Å². The van der Waals surface area contributed by atoms with Crippen LogP contribution in [0.3, 0.4) is 0 Å². The van der Waals surface area contributed by atoms with E-state index in [1.54, 1.807) is 0 Å². The van der Waals surface area contributed by atoms with Gasteiger partial charge >= 0.3 is 0 Å². The Bertz CT molecular complexity index is 130. The summed E-state index contributed by atoms with van der Waals surface area (Å²) in [6, 6.07) is 0. The van der Waals surface area contributed by atoms with Crippen molar-refractivity contribution < 1.29 is 0 Å². The molecule has 1 nitrogen and oxygen atoms in total. The van der Waals surface area contributed by atoms with Crippen molar-refractivity contribution in [3.63, 3.8) is 0 Å². The minimum atomic E-state index is 1.02. The number of hydrogen-bond acceptors (Lipinski definition) is 1. The average molecular weight is 153 g/mol. The Morgan fingerprint density at radius 3 is 2.18 bits per heavy atom. The monoisotopic (exact) mass is 153 g/mol. The predicted molar refractivity (Wildman–Crippen MR) is 47.5 cm³/mol. The summed E-state index contributed by atoms with van der Waals surface area (Å²) in [5.41, 5.74) is 0. The highest BCUT2D eigenvalue weighted by Gasteiger charge is 2.38. The first-order chi connectivity index (χ1) is 5.29. The van der Waals surface area contributed by atoms with Gasteiger partial charge in [0.15, 0.2) is 0 Å². The third kappa shape index (κ3) is 1.31. The zero-order valence-electron chi connectivity index (χ0n) is 7.71. The number of rotatable bonds is 1. The third-order valence-electron chi connectivity index (χ3n) is 3.51. The van der Waals surface area contributed by atoms with Crippen LogP contribution < -0.4 is 0 Å². The molecule has 11 heavy (non-hydrogen) atoms. The first-order valence-corrected chi connectivity index (χ1v) is 5.02.